The molecule has 2 rings (SSSR count). The molecule has 1 aliphatic heterocycles. The predicted molar refractivity (Wildman–Crippen MR) is 72.6 cm³/mol. The zero-order valence-corrected chi connectivity index (χ0v) is 11.1. The van der Waals surface area contributed by atoms with Crippen LogP contribution in [0, 0.1) is 5.92 Å². The fourth-order valence-electron chi connectivity index (χ4n) is 2.58. The predicted octanol–water partition coefficient (Wildman–Crippen LogP) is 3.46. The second kappa shape index (κ2) is 5.74. The van der Waals surface area contributed by atoms with Gasteiger partial charge >= 0.3 is 0 Å². The van der Waals surface area contributed by atoms with Crippen molar-refractivity contribution in [2.24, 2.45) is 5.92 Å². The molecule has 1 N–H and O–H groups in total. The van der Waals surface area contributed by atoms with Crippen LogP contribution < -0.4 is 4.90 Å². The molecule has 1 aromatic carbocycles. The van der Waals surface area contributed by atoms with Crippen LogP contribution in [0.25, 0.3) is 0 Å². The number of benzene rings is 1. The van der Waals surface area contributed by atoms with Gasteiger partial charge in [-0.2, -0.15) is 0 Å². The van der Waals surface area contributed by atoms with Crippen LogP contribution in [0.3, 0.4) is 0 Å². The van der Waals surface area contributed by atoms with E-state index < -0.39 is 0 Å². The highest BCUT2D eigenvalue weighted by Crippen LogP contribution is 2.31. The summed E-state index contributed by atoms with van der Waals surface area (Å²) in [5, 5.41) is 10.1. The Hall–Kier alpha value is -0.730. The van der Waals surface area contributed by atoms with E-state index in [1.807, 2.05) is 12.1 Å². The van der Waals surface area contributed by atoms with Crippen LogP contribution in [-0.2, 0) is 6.61 Å². The third-order valence-electron chi connectivity index (χ3n) is 3.78. The molecule has 1 fully saturated rings. The van der Waals surface area contributed by atoms with Crippen LogP contribution >= 0.6 is 11.6 Å². The van der Waals surface area contributed by atoms with Gasteiger partial charge in [-0.15, -0.1) is 0 Å². The summed E-state index contributed by atoms with van der Waals surface area (Å²) < 4.78 is 0. The lowest BCUT2D eigenvalue weighted by molar-refractivity contribution is 0.281. The molecule has 0 atom stereocenters. The second-order valence-electron chi connectivity index (χ2n) is 4.73. The maximum Gasteiger partial charge on any atom is 0.0716 e. The standard InChI is InChI=1S/C14H20ClNO/c1-2-11-6-8-16(9-7-11)14-5-3-4-13(15)12(14)10-17/h3-5,11,17H,2,6-10H2,1H3. The molecule has 2 nitrogen and oxygen atoms in total. The maximum atomic E-state index is 9.42. The van der Waals surface area contributed by atoms with Gasteiger partial charge in [0, 0.05) is 29.4 Å². The fraction of sp³-hybridized carbons (Fsp3) is 0.571. The number of hydrogen-bond donors (Lipinski definition) is 1. The number of hydrogen-bond acceptors (Lipinski definition) is 2. The summed E-state index contributed by atoms with van der Waals surface area (Å²) in [4.78, 5) is 2.35. The number of aliphatic hydroxyl groups is 1. The highest BCUT2D eigenvalue weighted by Gasteiger charge is 2.20. The van der Waals surface area contributed by atoms with Crippen LogP contribution in [0.5, 0.6) is 0 Å². The van der Waals surface area contributed by atoms with E-state index in [0.717, 1.165) is 30.3 Å². The van der Waals surface area contributed by atoms with Crippen LogP contribution in [-0.4, -0.2) is 18.2 Å². The number of anilines is 1. The summed E-state index contributed by atoms with van der Waals surface area (Å²) >= 11 is 6.12. The lowest BCUT2D eigenvalue weighted by Gasteiger charge is -2.34. The van der Waals surface area contributed by atoms with Gasteiger partial charge in [-0.1, -0.05) is 31.0 Å². The molecular weight excluding hydrogens is 234 g/mol. The van der Waals surface area contributed by atoms with Crippen molar-refractivity contribution in [3.8, 4) is 0 Å². The van der Waals surface area contributed by atoms with Gasteiger partial charge in [0.1, 0.15) is 0 Å². The van der Waals surface area contributed by atoms with Crippen LogP contribution in [0.4, 0.5) is 5.69 Å². The lowest BCUT2D eigenvalue weighted by atomic mass is 9.94. The van der Waals surface area contributed by atoms with E-state index in [1.54, 1.807) is 0 Å². The van der Waals surface area contributed by atoms with Gasteiger partial charge in [-0.25, -0.2) is 0 Å². The number of piperidine rings is 1. The Morgan fingerprint density at radius 1 is 1.35 bits per heavy atom. The Labute approximate surface area is 108 Å². The molecule has 1 saturated heterocycles. The Morgan fingerprint density at radius 2 is 2.06 bits per heavy atom. The molecule has 1 heterocycles. The third-order valence-corrected chi connectivity index (χ3v) is 4.14. The molecule has 0 amide bonds. The Bertz CT molecular complexity index is 372. The number of rotatable bonds is 3. The fourth-order valence-corrected chi connectivity index (χ4v) is 2.81. The Morgan fingerprint density at radius 3 is 2.65 bits per heavy atom. The molecule has 0 radical (unpaired) electrons. The van der Waals surface area contributed by atoms with Crippen LogP contribution in [0.15, 0.2) is 18.2 Å². The van der Waals surface area contributed by atoms with Gasteiger partial charge in [0.25, 0.3) is 0 Å². The average molecular weight is 254 g/mol. The van der Waals surface area contributed by atoms with Crippen molar-refractivity contribution < 1.29 is 5.11 Å². The summed E-state index contributed by atoms with van der Waals surface area (Å²) in [6.45, 7) is 4.43. The summed E-state index contributed by atoms with van der Waals surface area (Å²) in [6, 6.07) is 5.86. The minimum atomic E-state index is 0.0166. The van der Waals surface area contributed by atoms with E-state index >= 15 is 0 Å². The first-order chi connectivity index (χ1) is 8.26. The third kappa shape index (κ3) is 2.75. The average Bonchev–Trinajstić information content (AvgIpc) is 2.38. The molecule has 17 heavy (non-hydrogen) atoms. The molecule has 0 aromatic heterocycles. The topological polar surface area (TPSA) is 23.5 Å². The maximum absolute atomic E-state index is 9.42. The van der Waals surface area contributed by atoms with Crippen LogP contribution in [0.2, 0.25) is 5.02 Å². The van der Waals surface area contributed by atoms with E-state index in [4.69, 9.17) is 11.6 Å². The minimum absolute atomic E-state index is 0.0166. The molecule has 94 valence electrons. The van der Waals surface area contributed by atoms with Crippen molar-refractivity contribution in [1.82, 2.24) is 0 Å². The first kappa shape index (κ1) is 12.7. The largest absolute Gasteiger partial charge is 0.392 e. The zero-order chi connectivity index (χ0) is 12.3. The molecule has 1 aliphatic rings. The van der Waals surface area contributed by atoms with Crippen LogP contribution in [0.1, 0.15) is 31.7 Å². The molecule has 0 bridgehead atoms. The molecule has 0 aliphatic carbocycles. The monoisotopic (exact) mass is 253 g/mol. The summed E-state index contributed by atoms with van der Waals surface area (Å²) in [6.07, 6.45) is 3.76. The summed E-state index contributed by atoms with van der Waals surface area (Å²) in [5.41, 5.74) is 1.97. The van der Waals surface area contributed by atoms with Crippen molar-refractivity contribution in [1.29, 1.82) is 0 Å². The first-order valence-corrected chi connectivity index (χ1v) is 6.77. The van der Waals surface area contributed by atoms with E-state index in [-0.39, 0.29) is 6.61 Å². The van der Waals surface area contributed by atoms with Gasteiger partial charge in [0.15, 0.2) is 0 Å². The van der Waals surface area contributed by atoms with Crippen molar-refractivity contribution in [2.45, 2.75) is 32.8 Å². The molecule has 1 aromatic rings. The number of nitrogens with zero attached hydrogens (tertiary/aromatic N) is 1. The van der Waals surface area contributed by atoms with Crippen molar-refractivity contribution in [2.75, 3.05) is 18.0 Å². The van der Waals surface area contributed by atoms with Gasteiger partial charge < -0.3 is 10.0 Å². The second-order valence-corrected chi connectivity index (χ2v) is 5.14. The molecule has 0 saturated carbocycles. The number of halogens is 1. The molecular formula is C14H20ClNO. The van der Waals surface area contributed by atoms with Gasteiger partial charge in [-0.05, 0) is 30.9 Å². The zero-order valence-electron chi connectivity index (χ0n) is 10.3. The SMILES string of the molecule is CCC1CCN(c2cccc(Cl)c2CO)CC1. The van der Waals surface area contributed by atoms with Crippen molar-refractivity contribution >= 4 is 17.3 Å². The van der Waals surface area contributed by atoms with Gasteiger partial charge in [0.2, 0.25) is 0 Å². The van der Waals surface area contributed by atoms with Gasteiger partial charge in [-0.3, -0.25) is 0 Å². The Balaban J connectivity index is 2.15. The van der Waals surface area contributed by atoms with E-state index in [0.29, 0.717) is 5.02 Å². The minimum Gasteiger partial charge on any atom is -0.392 e. The smallest absolute Gasteiger partial charge is 0.0716 e. The Kier molecular flexibility index (Phi) is 4.30. The first-order valence-electron chi connectivity index (χ1n) is 6.39. The molecule has 0 spiro atoms. The summed E-state index contributed by atoms with van der Waals surface area (Å²) in [7, 11) is 0. The van der Waals surface area contributed by atoms with E-state index in [2.05, 4.69) is 17.9 Å². The lowest BCUT2D eigenvalue weighted by Crippen LogP contribution is -2.34. The highest BCUT2D eigenvalue weighted by atomic mass is 35.5. The normalized spacial score (nSPS) is 17.5. The quantitative estimate of drug-likeness (QED) is 0.892. The van der Waals surface area contributed by atoms with E-state index in [1.165, 1.54) is 19.3 Å². The molecule has 0 unspecified atom stereocenters. The number of aliphatic hydroxyl groups excluding tert-OH is 1. The van der Waals surface area contributed by atoms with Gasteiger partial charge in [0.05, 0.1) is 6.61 Å². The summed E-state index contributed by atoms with van der Waals surface area (Å²) in [5.74, 6) is 0.864. The highest BCUT2D eigenvalue weighted by molar-refractivity contribution is 6.31. The van der Waals surface area contributed by atoms with E-state index in [9.17, 15) is 5.11 Å². The molecule has 3 heteroatoms. The van der Waals surface area contributed by atoms with Crippen molar-refractivity contribution in [3.63, 3.8) is 0 Å². The van der Waals surface area contributed by atoms with Crippen molar-refractivity contribution in [3.05, 3.63) is 28.8 Å².